The van der Waals surface area contributed by atoms with E-state index in [9.17, 15) is 8.42 Å². The van der Waals surface area contributed by atoms with Crippen LogP contribution in [0.25, 0.3) is 10.9 Å². The number of hydrogen-bond donors (Lipinski definition) is 0. The van der Waals surface area contributed by atoms with Gasteiger partial charge in [0.05, 0.1) is 16.7 Å². The number of halogens is 1. The molecule has 1 saturated carbocycles. The molecule has 2 aliphatic rings. The third kappa shape index (κ3) is 5.94. The standard InChI is InChI=1S/C26H43ClN4O3SSi/c1-7-35(32,33)17-20-10-13-30(16-20)24-21-15-28-23(27)14-22(21)31(29-24)18-26(11-8-9-12-26)19-34-36(5,6)25(2,3)4/h14-15,20H,7-13,16-19H2,1-6H3/t20-/m0/s1. The fraction of sp³-hybridized carbons (Fsp3) is 0.769. The van der Waals surface area contributed by atoms with Gasteiger partial charge in [-0.2, -0.15) is 5.10 Å². The average Bonchev–Trinajstić information content (AvgIpc) is 3.52. The number of sulfone groups is 1. The number of anilines is 1. The molecule has 0 unspecified atom stereocenters. The highest BCUT2D eigenvalue weighted by Crippen LogP contribution is 2.44. The first-order valence-corrected chi connectivity index (χ1v) is 18.5. The van der Waals surface area contributed by atoms with Crippen molar-refractivity contribution in [3.63, 3.8) is 0 Å². The lowest BCUT2D eigenvalue weighted by atomic mass is 9.87. The zero-order valence-corrected chi connectivity index (χ0v) is 25.4. The topological polar surface area (TPSA) is 77.3 Å². The van der Waals surface area contributed by atoms with Gasteiger partial charge in [-0.05, 0) is 43.3 Å². The first-order valence-electron chi connectivity index (χ1n) is 13.4. The molecule has 0 spiro atoms. The monoisotopic (exact) mass is 554 g/mol. The molecule has 1 aliphatic carbocycles. The van der Waals surface area contributed by atoms with E-state index in [0.29, 0.717) is 11.7 Å². The number of aromatic nitrogens is 3. The fourth-order valence-corrected chi connectivity index (χ4v) is 7.84. The summed E-state index contributed by atoms with van der Waals surface area (Å²) in [5, 5.41) is 6.73. The molecular formula is C26H43ClN4O3SSi. The molecule has 1 aliphatic heterocycles. The normalized spacial score (nSPS) is 21.1. The van der Waals surface area contributed by atoms with E-state index in [1.165, 1.54) is 12.8 Å². The Morgan fingerprint density at radius 2 is 1.94 bits per heavy atom. The summed E-state index contributed by atoms with van der Waals surface area (Å²) in [5.74, 6) is 1.47. The summed E-state index contributed by atoms with van der Waals surface area (Å²) in [4.78, 5) is 6.59. The summed E-state index contributed by atoms with van der Waals surface area (Å²) >= 11 is 6.34. The van der Waals surface area contributed by atoms with Crippen molar-refractivity contribution in [2.45, 2.75) is 84.5 Å². The lowest BCUT2D eigenvalue weighted by molar-refractivity contribution is 0.114. The smallest absolute Gasteiger partial charge is 0.192 e. The second-order valence-electron chi connectivity index (χ2n) is 12.6. The maximum Gasteiger partial charge on any atom is 0.192 e. The summed E-state index contributed by atoms with van der Waals surface area (Å²) < 4.78 is 33.3. The lowest BCUT2D eigenvalue weighted by Gasteiger charge is -2.40. The zero-order valence-electron chi connectivity index (χ0n) is 22.8. The number of pyridine rings is 1. The van der Waals surface area contributed by atoms with Crippen molar-refractivity contribution in [3.05, 3.63) is 17.4 Å². The predicted octanol–water partition coefficient (Wildman–Crippen LogP) is 5.93. The molecule has 1 saturated heterocycles. The van der Waals surface area contributed by atoms with Crippen molar-refractivity contribution in [2.24, 2.45) is 11.3 Å². The van der Waals surface area contributed by atoms with Crippen LogP contribution in [0.3, 0.4) is 0 Å². The Bertz CT molecular complexity index is 1190. The van der Waals surface area contributed by atoms with Gasteiger partial charge >= 0.3 is 0 Å². The zero-order chi connectivity index (χ0) is 26.4. The highest BCUT2D eigenvalue weighted by atomic mass is 35.5. The van der Waals surface area contributed by atoms with E-state index < -0.39 is 18.2 Å². The highest BCUT2D eigenvalue weighted by Gasteiger charge is 2.42. The number of hydrogen-bond acceptors (Lipinski definition) is 6. The molecule has 36 heavy (non-hydrogen) atoms. The third-order valence-corrected chi connectivity index (χ3v) is 15.3. The summed E-state index contributed by atoms with van der Waals surface area (Å²) in [7, 11) is -4.86. The molecule has 2 aromatic rings. The van der Waals surface area contributed by atoms with Gasteiger partial charge in [0.1, 0.15) is 15.0 Å². The summed E-state index contributed by atoms with van der Waals surface area (Å²) in [6.07, 6.45) is 7.39. The van der Waals surface area contributed by atoms with Gasteiger partial charge in [-0.25, -0.2) is 13.4 Å². The maximum absolute atomic E-state index is 12.2. The quantitative estimate of drug-likeness (QED) is 0.282. The molecule has 2 aromatic heterocycles. The van der Waals surface area contributed by atoms with E-state index in [0.717, 1.165) is 55.7 Å². The Kier molecular flexibility index (Phi) is 7.89. The van der Waals surface area contributed by atoms with Crippen LogP contribution in [0, 0.1) is 11.3 Å². The average molecular weight is 555 g/mol. The van der Waals surface area contributed by atoms with Crippen molar-refractivity contribution in [2.75, 3.05) is 36.1 Å². The Labute approximate surface area is 223 Å². The molecule has 0 amide bonds. The van der Waals surface area contributed by atoms with Crippen LogP contribution in [0.15, 0.2) is 12.3 Å². The van der Waals surface area contributed by atoms with Gasteiger partial charge in [0.25, 0.3) is 0 Å². The molecule has 2 fully saturated rings. The van der Waals surface area contributed by atoms with Gasteiger partial charge in [-0.15, -0.1) is 0 Å². The molecule has 10 heteroatoms. The van der Waals surface area contributed by atoms with Crippen LogP contribution in [0.2, 0.25) is 23.3 Å². The molecule has 202 valence electrons. The largest absolute Gasteiger partial charge is 0.416 e. The van der Waals surface area contributed by atoms with E-state index in [2.05, 4.69) is 48.4 Å². The Morgan fingerprint density at radius 1 is 1.25 bits per heavy atom. The molecule has 0 radical (unpaired) electrons. The minimum atomic E-state index is -3.00. The molecule has 0 aromatic carbocycles. The van der Waals surface area contributed by atoms with E-state index in [-0.39, 0.29) is 27.9 Å². The second kappa shape index (κ2) is 10.2. The van der Waals surface area contributed by atoms with Gasteiger partial charge in [0.2, 0.25) is 0 Å². The predicted molar refractivity (Wildman–Crippen MR) is 151 cm³/mol. The summed E-state index contributed by atoms with van der Waals surface area (Å²) in [6, 6.07) is 1.92. The van der Waals surface area contributed by atoms with E-state index in [1.807, 2.05) is 12.3 Å². The van der Waals surface area contributed by atoms with Crippen LogP contribution in [-0.2, 0) is 20.8 Å². The number of rotatable bonds is 9. The Balaban J connectivity index is 1.61. The highest BCUT2D eigenvalue weighted by molar-refractivity contribution is 7.91. The first kappa shape index (κ1) is 27.9. The lowest BCUT2D eigenvalue weighted by Crippen LogP contribution is -2.44. The maximum atomic E-state index is 12.2. The fourth-order valence-electron chi connectivity index (χ4n) is 5.36. The molecule has 7 nitrogen and oxygen atoms in total. The van der Waals surface area contributed by atoms with Crippen LogP contribution < -0.4 is 4.90 Å². The SMILES string of the molecule is CCS(=O)(=O)C[C@H]1CCN(c2nn(CC3(CO[Si](C)(C)C(C)(C)C)CCCC3)c3cc(Cl)ncc23)C1. The summed E-state index contributed by atoms with van der Waals surface area (Å²) in [6.45, 7) is 16.3. The molecular weight excluding hydrogens is 512 g/mol. The van der Waals surface area contributed by atoms with E-state index in [4.69, 9.17) is 21.1 Å². The summed E-state index contributed by atoms with van der Waals surface area (Å²) in [5.41, 5.74) is 1.05. The van der Waals surface area contributed by atoms with Crippen molar-refractivity contribution in [3.8, 4) is 0 Å². The van der Waals surface area contributed by atoms with Crippen molar-refractivity contribution >= 4 is 46.5 Å². The number of fused-ring (bicyclic) bond motifs is 1. The van der Waals surface area contributed by atoms with Crippen LogP contribution in [0.1, 0.15) is 59.8 Å². The molecule has 1 atom stereocenters. The van der Waals surface area contributed by atoms with Crippen molar-refractivity contribution in [1.29, 1.82) is 0 Å². The van der Waals surface area contributed by atoms with Gasteiger partial charge in [0.15, 0.2) is 14.1 Å². The van der Waals surface area contributed by atoms with Crippen molar-refractivity contribution < 1.29 is 12.8 Å². The molecule has 3 heterocycles. The van der Waals surface area contributed by atoms with Gasteiger partial charge in [-0.1, -0.05) is 52.1 Å². The minimum Gasteiger partial charge on any atom is -0.416 e. The third-order valence-electron chi connectivity index (χ3n) is 8.79. The molecule has 0 N–H and O–H groups in total. The molecule has 4 rings (SSSR count). The van der Waals surface area contributed by atoms with Gasteiger partial charge in [0, 0.05) is 49.7 Å². The van der Waals surface area contributed by atoms with Gasteiger partial charge in [-0.3, -0.25) is 4.68 Å². The van der Waals surface area contributed by atoms with Gasteiger partial charge < -0.3 is 9.33 Å². The van der Waals surface area contributed by atoms with E-state index in [1.54, 1.807) is 6.92 Å². The van der Waals surface area contributed by atoms with Crippen LogP contribution in [0.4, 0.5) is 5.82 Å². The van der Waals surface area contributed by atoms with E-state index >= 15 is 0 Å². The van der Waals surface area contributed by atoms with Crippen LogP contribution >= 0.6 is 11.6 Å². The second-order valence-corrected chi connectivity index (χ2v) is 20.2. The Morgan fingerprint density at radius 3 is 2.58 bits per heavy atom. The van der Waals surface area contributed by atoms with Crippen molar-refractivity contribution in [1.82, 2.24) is 14.8 Å². The van der Waals surface area contributed by atoms with Crippen LogP contribution in [-0.4, -0.2) is 62.7 Å². The first-order chi connectivity index (χ1) is 16.7. The van der Waals surface area contributed by atoms with Crippen LogP contribution in [0.5, 0.6) is 0 Å². The number of nitrogens with zero attached hydrogens (tertiary/aromatic N) is 4. The molecule has 0 bridgehead atoms. The Hall–Kier alpha value is -1.16. The minimum absolute atomic E-state index is 0.0598.